The molecule has 0 unspecified atom stereocenters. The summed E-state index contributed by atoms with van der Waals surface area (Å²) in [6.07, 6.45) is 0. The summed E-state index contributed by atoms with van der Waals surface area (Å²) >= 11 is 0. The fraction of sp³-hybridized carbons (Fsp3) is 0.200. The van der Waals surface area contributed by atoms with E-state index in [0.29, 0.717) is 5.56 Å². The van der Waals surface area contributed by atoms with E-state index in [1.54, 1.807) is 6.92 Å². The highest BCUT2D eigenvalue weighted by Crippen LogP contribution is 2.19. The van der Waals surface area contributed by atoms with Gasteiger partial charge >= 0.3 is 5.97 Å². The summed E-state index contributed by atoms with van der Waals surface area (Å²) in [4.78, 5) is 11.8. The Hall–Kier alpha value is -2.49. The van der Waals surface area contributed by atoms with Crippen molar-refractivity contribution in [3.63, 3.8) is 0 Å². The Balaban J connectivity index is 2.43. The summed E-state index contributed by atoms with van der Waals surface area (Å²) in [5.41, 5.74) is 0.287. The summed E-state index contributed by atoms with van der Waals surface area (Å²) in [6, 6.07) is 3.83. The van der Waals surface area contributed by atoms with E-state index in [0.717, 1.165) is 10.9 Å². The fourth-order valence-electron chi connectivity index (χ4n) is 1.52. The molecule has 0 aliphatic carbocycles. The van der Waals surface area contributed by atoms with Crippen LogP contribution in [-0.4, -0.2) is 39.7 Å². The van der Waals surface area contributed by atoms with Crippen molar-refractivity contribution in [2.75, 3.05) is 4.72 Å². The van der Waals surface area contributed by atoms with Gasteiger partial charge in [-0.1, -0.05) is 11.2 Å². The van der Waals surface area contributed by atoms with E-state index in [1.165, 1.54) is 19.2 Å². The van der Waals surface area contributed by atoms with E-state index < -0.39 is 16.0 Å². The lowest BCUT2D eigenvalue weighted by molar-refractivity contribution is 0.0696. The number of nitrogens with zero attached hydrogens (tertiary/aromatic N) is 4. The Morgan fingerprint density at radius 2 is 2.10 bits per heavy atom. The van der Waals surface area contributed by atoms with E-state index in [1.807, 2.05) is 0 Å². The molecule has 2 rings (SSSR count). The summed E-state index contributed by atoms with van der Waals surface area (Å²) in [6.45, 7) is 1.56. The molecule has 106 valence electrons. The first-order chi connectivity index (χ1) is 9.29. The molecule has 9 nitrogen and oxygen atoms in total. The van der Waals surface area contributed by atoms with Gasteiger partial charge in [-0.3, -0.25) is 0 Å². The van der Waals surface area contributed by atoms with Gasteiger partial charge < -0.3 is 5.11 Å². The molecule has 0 spiro atoms. The molecule has 1 aromatic heterocycles. The molecule has 2 N–H and O–H groups in total. The first kappa shape index (κ1) is 13.9. The van der Waals surface area contributed by atoms with Crippen molar-refractivity contribution in [3.05, 3.63) is 29.3 Å². The zero-order chi connectivity index (χ0) is 14.9. The maximum atomic E-state index is 12.2. The van der Waals surface area contributed by atoms with Crippen LogP contribution in [0, 0.1) is 6.92 Å². The van der Waals surface area contributed by atoms with Crippen LogP contribution in [0.5, 0.6) is 0 Å². The van der Waals surface area contributed by atoms with Crippen LogP contribution < -0.4 is 4.72 Å². The zero-order valence-electron chi connectivity index (χ0n) is 10.6. The summed E-state index contributed by atoms with van der Waals surface area (Å²) < 4.78 is 26.5. The van der Waals surface area contributed by atoms with Crippen molar-refractivity contribution in [3.8, 4) is 0 Å². The van der Waals surface area contributed by atoms with Crippen LogP contribution >= 0.6 is 0 Å². The van der Waals surface area contributed by atoms with Crippen molar-refractivity contribution in [2.24, 2.45) is 7.05 Å². The number of carboxylic acid groups (broad SMARTS) is 1. The quantitative estimate of drug-likeness (QED) is 0.814. The van der Waals surface area contributed by atoms with Crippen molar-refractivity contribution < 1.29 is 18.3 Å². The first-order valence-electron chi connectivity index (χ1n) is 5.40. The second-order valence-corrected chi connectivity index (χ2v) is 5.64. The maximum Gasteiger partial charge on any atom is 0.335 e. The third-order valence-corrected chi connectivity index (χ3v) is 3.93. The zero-order valence-corrected chi connectivity index (χ0v) is 11.4. The molecule has 1 heterocycles. The van der Waals surface area contributed by atoms with Crippen molar-refractivity contribution >= 4 is 21.9 Å². The van der Waals surface area contributed by atoms with Gasteiger partial charge in [-0.15, -0.1) is 5.10 Å². The molecule has 0 saturated carbocycles. The normalized spacial score (nSPS) is 11.3. The van der Waals surface area contributed by atoms with Gasteiger partial charge in [-0.2, -0.15) is 4.80 Å². The van der Waals surface area contributed by atoms with Crippen LogP contribution in [-0.2, 0) is 17.1 Å². The van der Waals surface area contributed by atoms with Gasteiger partial charge in [0.15, 0.2) is 0 Å². The average molecular weight is 297 g/mol. The molecule has 1 aromatic carbocycles. The maximum absolute atomic E-state index is 12.2. The molecule has 0 bridgehead atoms. The summed E-state index contributed by atoms with van der Waals surface area (Å²) in [5, 5.41) is 19.6. The number of hydrogen-bond acceptors (Lipinski definition) is 6. The van der Waals surface area contributed by atoms with Gasteiger partial charge in [0.05, 0.1) is 17.5 Å². The number of benzene rings is 1. The molecule has 0 radical (unpaired) electrons. The van der Waals surface area contributed by atoms with Gasteiger partial charge in [0.25, 0.3) is 16.0 Å². The van der Waals surface area contributed by atoms with Crippen molar-refractivity contribution in [2.45, 2.75) is 11.8 Å². The highest BCUT2D eigenvalue weighted by atomic mass is 32.2. The second kappa shape index (κ2) is 4.89. The summed E-state index contributed by atoms with van der Waals surface area (Å²) in [5.74, 6) is -1.40. The number of rotatable bonds is 4. The molecule has 2 aromatic rings. The summed E-state index contributed by atoms with van der Waals surface area (Å²) in [7, 11) is -2.49. The Labute approximate surface area is 114 Å². The van der Waals surface area contributed by atoms with Gasteiger partial charge in [0.1, 0.15) is 0 Å². The number of anilines is 1. The molecule has 0 aliphatic heterocycles. The van der Waals surface area contributed by atoms with Gasteiger partial charge in [0.2, 0.25) is 0 Å². The molecular weight excluding hydrogens is 286 g/mol. The van der Waals surface area contributed by atoms with Crippen LogP contribution in [0.2, 0.25) is 0 Å². The minimum absolute atomic E-state index is 0.122. The number of tetrazole rings is 1. The number of aryl methyl sites for hydroxylation is 2. The van der Waals surface area contributed by atoms with E-state index in [9.17, 15) is 13.2 Å². The predicted octanol–water partition coefficient (Wildman–Crippen LogP) is 0.0175. The second-order valence-electron chi connectivity index (χ2n) is 3.99. The molecule has 0 amide bonds. The number of aromatic carboxylic acids is 1. The lowest BCUT2D eigenvalue weighted by Gasteiger charge is -2.08. The lowest BCUT2D eigenvalue weighted by Crippen LogP contribution is -2.16. The minimum atomic E-state index is -3.98. The van der Waals surface area contributed by atoms with Crippen LogP contribution in [0.4, 0.5) is 5.95 Å². The van der Waals surface area contributed by atoms with E-state index in [4.69, 9.17) is 5.11 Å². The Morgan fingerprint density at radius 3 is 2.65 bits per heavy atom. The molecule has 0 atom stereocenters. The lowest BCUT2D eigenvalue weighted by atomic mass is 10.1. The highest BCUT2D eigenvalue weighted by Gasteiger charge is 2.20. The third kappa shape index (κ3) is 2.74. The largest absolute Gasteiger partial charge is 0.478 e. The number of nitrogens with one attached hydrogen (secondary N) is 1. The van der Waals surface area contributed by atoms with Crippen LogP contribution in [0.15, 0.2) is 23.1 Å². The third-order valence-electron chi connectivity index (χ3n) is 2.46. The number of carbonyl (C=O) groups is 1. The first-order valence-corrected chi connectivity index (χ1v) is 6.88. The molecule has 20 heavy (non-hydrogen) atoms. The number of sulfonamides is 1. The standard InChI is InChI=1S/C10H11N5O4S/c1-6-3-4-7(9(16)17)5-8(6)20(18,19)13-10-11-14-15(2)12-10/h3-5H,1-2H3,(H,12,13)(H,16,17). The van der Waals surface area contributed by atoms with Gasteiger partial charge in [-0.05, 0) is 29.8 Å². The number of carboxylic acids is 1. The van der Waals surface area contributed by atoms with Crippen LogP contribution in [0.1, 0.15) is 15.9 Å². The minimum Gasteiger partial charge on any atom is -0.478 e. The predicted molar refractivity (Wildman–Crippen MR) is 67.7 cm³/mol. The molecule has 0 aliphatic rings. The van der Waals surface area contributed by atoms with Crippen LogP contribution in [0.3, 0.4) is 0 Å². The highest BCUT2D eigenvalue weighted by molar-refractivity contribution is 7.92. The van der Waals surface area contributed by atoms with Crippen molar-refractivity contribution in [1.82, 2.24) is 20.2 Å². The monoisotopic (exact) mass is 297 g/mol. The SMILES string of the molecule is Cc1ccc(C(=O)O)cc1S(=O)(=O)Nc1nnn(C)n1. The van der Waals surface area contributed by atoms with Crippen LogP contribution in [0.25, 0.3) is 0 Å². The fourth-order valence-corrected chi connectivity index (χ4v) is 2.73. The van der Waals surface area contributed by atoms with Gasteiger partial charge in [-0.25, -0.2) is 17.9 Å². The van der Waals surface area contributed by atoms with E-state index >= 15 is 0 Å². The van der Waals surface area contributed by atoms with E-state index in [2.05, 4.69) is 20.1 Å². The van der Waals surface area contributed by atoms with Gasteiger partial charge in [0, 0.05) is 0 Å². The smallest absolute Gasteiger partial charge is 0.335 e. The Morgan fingerprint density at radius 1 is 1.40 bits per heavy atom. The number of aromatic nitrogens is 4. The molecular formula is C10H11N5O4S. The van der Waals surface area contributed by atoms with E-state index in [-0.39, 0.29) is 16.4 Å². The Kier molecular flexibility index (Phi) is 3.40. The molecule has 0 saturated heterocycles. The Bertz CT molecular complexity index is 768. The average Bonchev–Trinajstić information content (AvgIpc) is 2.73. The number of hydrogen-bond donors (Lipinski definition) is 2. The molecule has 0 fully saturated rings. The van der Waals surface area contributed by atoms with Crippen molar-refractivity contribution in [1.29, 1.82) is 0 Å². The molecule has 10 heteroatoms. The topological polar surface area (TPSA) is 127 Å².